The molecule has 0 unspecified atom stereocenters. The van der Waals surface area contributed by atoms with Crippen LogP contribution in [0, 0.1) is 5.82 Å². The molecule has 0 spiro atoms. The minimum Gasteiger partial charge on any atom is -0.516 e. The van der Waals surface area contributed by atoms with Gasteiger partial charge in [-0.15, -0.1) is 11.6 Å². The Morgan fingerprint density at radius 1 is 1.04 bits per heavy atom. The molecule has 0 saturated carbocycles. The molecule has 0 aliphatic carbocycles. The Hall–Kier alpha value is -2.60. The molecule has 0 bridgehead atoms. The second kappa shape index (κ2) is 9.37. The Morgan fingerprint density at radius 2 is 1.74 bits per heavy atom. The van der Waals surface area contributed by atoms with Crippen LogP contribution in [-0.2, 0) is 23.4 Å². The van der Waals surface area contributed by atoms with Crippen molar-refractivity contribution in [3.8, 4) is 11.5 Å². The average molecular weight is 420 g/mol. The minimum atomic E-state index is -0.586. The number of para-hydroxylation sites is 1. The normalized spacial score (nSPS) is 9.85. The zero-order chi connectivity index (χ0) is 18.5. The summed E-state index contributed by atoms with van der Waals surface area (Å²) in [6.45, 7) is 0. The van der Waals surface area contributed by atoms with Crippen molar-refractivity contribution in [1.29, 1.82) is 0 Å². The maximum Gasteiger partial charge on any atom is 0.255 e. The van der Waals surface area contributed by atoms with Gasteiger partial charge >= 0.3 is 0 Å². The van der Waals surface area contributed by atoms with E-state index in [2.05, 4.69) is 5.32 Å². The third-order valence-corrected chi connectivity index (χ3v) is 3.68. The summed E-state index contributed by atoms with van der Waals surface area (Å²) >= 11 is 5.76. The maximum atomic E-state index is 13.3. The van der Waals surface area contributed by atoms with Gasteiger partial charge in [0.25, 0.3) is 5.91 Å². The fourth-order valence-corrected chi connectivity index (χ4v) is 2.48. The first kappa shape index (κ1) is 20.7. The number of hydrogen-bond donors (Lipinski definition) is 1. The van der Waals surface area contributed by atoms with Crippen molar-refractivity contribution in [2.75, 3.05) is 5.32 Å². The second-order valence-electron chi connectivity index (χ2n) is 5.34. The van der Waals surface area contributed by atoms with Gasteiger partial charge in [0.2, 0.25) is 0 Å². The average Bonchev–Trinajstić information content (AvgIpc) is 2.63. The number of benzene rings is 3. The number of ether oxygens (including phenoxy) is 1. The molecule has 4 nitrogen and oxygen atoms in total. The molecule has 7 heteroatoms. The Morgan fingerprint density at radius 3 is 2.41 bits per heavy atom. The maximum absolute atomic E-state index is 13.3. The van der Waals surface area contributed by atoms with Gasteiger partial charge in [0.15, 0.2) is 0 Å². The van der Waals surface area contributed by atoms with E-state index in [1.807, 2.05) is 6.29 Å². The zero-order valence-corrected chi connectivity index (χ0v) is 15.9. The summed E-state index contributed by atoms with van der Waals surface area (Å²) < 4.78 is 19.0. The van der Waals surface area contributed by atoms with Crippen LogP contribution in [0.25, 0.3) is 0 Å². The summed E-state index contributed by atoms with van der Waals surface area (Å²) in [6, 6.07) is 16.8. The van der Waals surface area contributed by atoms with Crippen LogP contribution < -0.4 is 10.1 Å². The van der Waals surface area contributed by atoms with E-state index in [4.69, 9.17) is 16.3 Å². The van der Waals surface area contributed by atoms with Gasteiger partial charge in [0, 0.05) is 40.6 Å². The quantitative estimate of drug-likeness (QED) is 0.593. The Labute approximate surface area is 172 Å². The SMILES string of the molecule is O=[C-]c1ccccc1Oc1ccc(NC(=O)c2cc(F)cc(Cl)c2)cc1.[V]. The van der Waals surface area contributed by atoms with Crippen molar-refractivity contribution in [3.63, 3.8) is 0 Å². The first-order valence-electron chi connectivity index (χ1n) is 7.58. The fourth-order valence-electron chi connectivity index (χ4n) is 2.26. The number of carbonyl (C=O) groups excluding carboxylic acids is 2. The molecule has 135 valence electrons. The number of nitrogens with one attached hydrogen (secondary N) is 1. The van der Waals surface area contributed by atoms with Crippen LogP contribution in [0.5, 0.6) is 11.5 Å². The zero-order valence-electron chi connectivity index (χ0n) is 13.8. The summed E-state index contributed by atoms with van der Waals surface area (Å²) in [6.07, 6.45) is 1.81. The van der Waals surface area contributed by atoms with Gasteiger partial charge in [-0.1, -0.05) is 23.7 Å². The molecule has 0 aliphatic rings. The van der Waals surface area contributed by atoms with Crippen LogP contribution in [0.15, 0.2) is 66.7 Å². The van der Waals surface area contributed by atoms with Gasteiger partial charge in [0.1, 0.15) is 11.6 Å². The van der Waals surface area contributed by atoms with Crippen LogP contribution in [0.4, 0.5) is 10.1 Å². The van der Waals surface area contributed by atoms with E-state index in [9.17, 15) is 14.0 Å². The molecule has 0 aliphatic heterocycles. The molecular formula is C20H12ClFNO3V-. The van der Waals surface area contributed by atoms with Crippen molar-refractivity contribution in [1.82, 2.24) is 0 Å². The molecule has 0 saturated heterocycles. The molecule has 0 atom stereocenters. The van der Waals surface area contributed by atoms with E-state index in [1.165, 1.54) is 6.07 Å². The molecule has 3 aromatic carbocycles. The van der Waals surface area contributed by atoms with E-state index in [0.29, 0.717) is 22.7 Å². The van der Waals surface area contributed by atoms with Crippen LogP contribution in [0.1, 0.15) is 15.9 Å². The van der Waals surface area contributed by atoms with Crippen LogP contribution >= 0.6 is 11.6 Å². The monoisotopic (exact) mass is 419 g/mol. The van der Waals surface area contributed by atoms with Gasteiger partial charge in [-0.2, -0.15) is 6.07 Å². The van der Waals surface area contributed by atoms with E-state index in [-0.39, 0.29) is 29.1 Å². The predicted molar refractivity (Wildman–Crippen MR) is 97.1 cm³/mol. The fraction of sp³-hybridized carbons (Fsp3) is 0. The molecule has 0 fully saturated rings. The Balaban J connectivity index is 0.00000261. The van der Waals surface area contributed by atoms with Crippen molar-refractivity contribution in [2.24, 2.45) is 0 Å². The van der Waals surface area contributed by atoms with Gasteiger partial charge in [-0.25, -0.2) is 4.39 Å². The van der Waals surface area contributed by atoms with E-state index >= 15 is 0 Å². The van der Waals surface area contributed by atoms with Crippen molar-refractivity contribution in [3.05, 3.63) is 88.7 Å². The summed E-state index contributed by atoms with van der Waals surface area (Å²) in [5.74, 6) is -0.203. The van der Waals surface area contributed by atoms with Crippen molar-refractivity contribution >= 4 is 29.5 Å². The summed E-state index contributed by atoms with van der Waals surface area (Å²) in [7, 11) is 0. The number of hydrogen-bond acceptors (Lipinski definition) is 3. The van der Waals surface area contributed by atoms with Crippen molar-refractivity contribution in [2.45, 2.75) is 0 Å². The van der Waals surface area contributed by atoms with E-state index < -0.39 is 11.7 Å². The topological polar surface area (TPSA) is 55.4 Å². The number of anilines is 1. The van der Waals surface area contributed by atoms with Crippen LogP contribution in [0.3, 0.4) is 0 Å². The van der Waals surface area contributed by atoms with Crippen molar-refractivity contribution < 1.29 is 37.3 Å². The largest absolute Gasteiger partial charge is 0.516 e. The molecule has 0 heterocycles. The van der Waals surface area contributed by atoms with Crippen LogP contribution in [0.2, 0.25) is 5.02 Å². The molecule has 3 rings (SSSR count). The van der Waals surface area contributed by atoms with Gasteiger partial charge in [-0.3, -0.25) is 4.79 Å². The first-order chi connectivity index (χ1) is 12.5. The molecule has 1 N–H and O–H groups in total. The van der Waals surface area contributed by atoms with E-state index in [0.717, 1.165) is 12.1 Å². The number of rotatable bonds is 5. The molecule has 0 aromatic heterocycles. The Kier molecular flexibility index (Phi) is 7.19. The second-order valence-corrected chi connectivity index (χ2v) is 5.77. The molecular weight excluding hydrogens is 408 g/mol. The molecule has 3 aromatic rings. The third kappa shape index (κ3) is 5.44. The van der Waals surface area contributed by atoms with Gasteiger partial charge < -0.3 is 14.8 Å². The summed E-state index contributed by atoms with van der Waals surface area (Å²) in [5, 5.41) is 2.79. The van der Waals surface area contributed by atoms with Gasteiger partial charge in [0.05, 0.1) is 6.29 Å². The molecule has 1 amide bonds. The summed E-state index contributed by atoms with van der Waals surface area (Å²) in [5.41, 5.74) is 0.927. The third-order valence-electron chi connectivity index (χ3n) is 3.46. The summed E-state index contributed by atoms with van der Waals surface area (Å²) in [4.78, 5) is 23.1. The number of carbonyl (C=O) groups is 1. The van der Waals surface area contributed by atoms with E-state index in [1.54, 1.807) is 48.5 Å². The molecule has 1 radical (unpaired) electrons. The van der Waals surface area contributed by atoms with Crippen LogP contribution in [-0.4, -0.2) is 12.2 Å². The smallest absolute Gasteiger partial charge is 0.255 e. The van der Waals surface area contributed by atoms with Gasteiger partial charge in [-0.05, 0) is 42.5 Å². The molecule has 27 heavy (non-hydrogen) atoms. The predicted octanol–water partition coefficient (Wildman–Crippen LogP) is 4.98. The Bertz CT molecular complexity index is 943. The number of halogens is 2. The minimum absolute atomic E-state index is 0. The first-order valence-corrected chi connectivity index (χ1v) is 7.95. The standard InChI is InChI=1S/C20H12ClFNO3.V/c21-15-9-14(10-16(22)11-15)20(25)23-17-5-7-18(8-6-17)26-19-4-2-1-3-13(19)12-24;/h1-11H,(H,23,25);/q-1;. The number of amides is 1.